The van der Waals surface area contributed by atoms with Crippen LogP contribution in [0.3, 0.4) is 0 Å². The van der Waals surface area contributed by atoms with Crippen LogP contribution in [-0.4, -0.2) is 6.10 Å². The maximum absolute atomic E-state index is 12.5. The summed E-state index contributed by atoms with van der Waals surface area (Å²) in [6.45, 7) is 2.08. The Morgan fingerprint density at radius 3 is 2.59 bits per heavy atom. The lowest BCUT2D eigenvalue weighted by molar-refractivity contribution is -0.137. The number of benzene rings is 1. The number of nitrogens with two attached hydrogens (primary N) is 1. The minimum Gasteiger partial charge on any atom is -0.372 e. The van der Waals surface area contributed by atoms with Crippen molar-refractivity contribution in [2.45, 2.75) is 31.9 Å². The Hall–Kier alpha value is -0.780. The Bertz CT molecular complexity index is 408. The molecule has 0 radical (unpaired) electrons. The van der Waals surface area contributed by atoms with Crippen LogP contribution in [0.25, 0.3) is 0 Å². The summed E-state index contributed by atoms with van der Waals surface area (Å²) in [6, 6.07) is 3.12. The third-order valence-electron chi connectivity index (χ3n) is 2.84. The van der Waals surface area contributed by atoms with Gasteiger partial charge in [0.15, 0.2) is 0 Å². The van der Waals surface area contributed by atoms with Crippen LogP contribution in [0.15, 0.2) is 18.2 Å². The largest absolute Gasteiger partial charge is 0.416 e. The molecule has 2 N–H and O–H groups in total. The molecule has 17 heavy (non-hydrogen) atoms. The molecular formula is C11H13ClF3NO. The molecule has 1 aromatic carbocycles. The molecule has 2 nitrogen and oxygen atoms in total. The second-order valence-electron chi connectivity index (χ2n) is 3.95. The van der Waals surface area contributed by atoms with Crippen LogP contribution in [0.2, 0.25) is 0 Å². The summed E-state index contributed by atoms with van der Waals surface area (Å²) in [5.74, 6) is 0. The summed E-state index contributed by atoms with van der Waals surface area (Å²) >= 11 is 0. The summed E-state index contributed by atoms with van der Waals surface area (Å²) in [5.41, 5.74) is 6.42. The molecule has 6 heteroatoms. The molecule has 2 atom stereocenters. The molecule has 96 valence electrons. The molecular weight excluding hydrogens is 255 g/mol. The Kier molecular flexibility index (Phi) is 4.06. The number of hydrogen-bond acceptors (Lipinski definition) is 2. The van der Waals surface area contributed by atoms with Crippen molar-refractivity contribution in [2.24, 2.45) is 5.73 Å². The van der Waals surface area contributed by atoms with Crippen LogP contribution >= 0.6 is 12.4 Å². The fourth-order valence-electron chi connectivity index (χ4n) is 1.79. The van der Waals surface area contributed by atoms with Gasteiger partial charge in [-0.25, -0.2) is 0 Å². The van der Waals surface area contributed by atoms with E-state index in [0.29, 0.717) is 12.2 Å². The van der Waals surface area contributed by atoms with E-state index in [2.05, 4.69) is 0 Å². The van der Waals surface area contributed by atoms with Crippen molar-refractivity contribution < 1.29 is 17.9 Å². The molecule has 0 saturated carbocycles. The molecule has 1 aliphatic heterocycles. The smallest absolute Gasteiger partial charge is 0.372 e. The molecule has 2 rings (SSSR count). The predicted molar refractivity (Wildman–Crippen MR) is 59.9 cm³/mol. The molecule has 1 aromatic rings. The minimum absolute atomic E-state index is 0. The molecule has 0 amide bonds. The molecule has 0 aromatic heterocycles. The molecule has 0 aliphatic carbocycles. The van der Waals surface area contributed by atoms with Crippen molar-refractivity contribution in [3.8, 4) is 0 Å². The highest BCUT2D eigenvalue weighted by Crippen LogP contribution is 2.34. The van der Waals surface area contributed by atoms with Gasteiger partial charge in [-0.15, -0.1) is 12.4 Å². The first-order valence-electron chi connectivity index (χ1n) is 4.97. The van der Waals surface area contributed by atoms with Gasteiger partial charge in [0.25, 0.3) is 0 Å². The van der Waals surface area contributed by atoms with Crippen LogP contribution in [0, 0.1) is 0 Å². The predicted octanol–water partition coefficient (Wildman–Crippen LogP) is 3.05. The monoisotopic (exact) mass is 267 g/mol. The normalized spacial score (nSPS) is 23.8. The van der Waals surface area contributed by atoms with Crippen molar-refractivity contribution in [2.75, 3.05) is 0 Å². The van der Waals surface area contributed by atoms with Gasteiger partial charge in [0, 0.05) is 0 Å². The van der Waals surface area contributed by atoms with E-state index in [1.54, 1.807) is 6.92 Å². The van der Waals surface area contributed by atoms with E-state index in [9.17, 15) is 13.2 Å². The zero-order valence-electron chi connectivity index (χ0n) is 9.12. The highest BCUT2D eigenvalue weighted by Gasteiger charge is 2.33. The zero-order chi connectivity index (χ0) is 11.9. The van der Waals surface area contributed by atoms with Gasteiger partial charge in [-0.1, -0.05) is 6.07 Å². The number of ether oxygens (including phenoxy) is 1. The first-order chi connectivity index (χ1) is 7.39. The Morgan fingerprint density at radius 2 is 2.00 bits per heavy atom. The Morgan fingerprint density at radius 1 is 1.35 bits per heavy atom. The molecule has 1 aliphatic rings. The maximum Gasteiger partial charge on any atom is 0.416 e. The second-order valence-corrected chi connectivity index (χ2v) is 3.95. The van der Waals surface area contributed by atoms with Gasteiger partial charge in [0.05, 0.1) is 24.3 Å². The lowest BCUT2D eigenvalue weighted by Gasteiger charge is -2.29. The number of halogens is 4. The number of alkyl halides is 3. The lowest BCUT2D eigenvalue weighted by atomic mass is 9.93. The summed E-state index contributed by atoms with van der Waals surface area (Å²) < 4.78 is 42.9. The first kappa shape index (κ1) is 14.3. The van der Waals surface area contributed by atoms with Gasteiger partial charge in [0.2, 0.25) is 0 Å². The van der Waals surface area contributed by atoms with E-state index < -0.39 is 17.8 Å². The number of fused-ring (bicyclic) bond motifs is 1. The summed E-state index contributed by atoms with van der Waals surface area (Å²) in [7, 11) is 0. The summed E-state index contributed by atoms with van der Waals surface area (Å²) in [5, 5.41) is 0. The van der Waals surface area contributed by atoms with Crippen molar-refractivity contribution in [1.29, 1.82) is 0 Å². The third-order valence-corrected chi connectivity index (χ3v) is 2.84. The minimum atomic E-state index is -4.32. The molecule has 0 fully saturated rings. The standard InChI is InChI=1S/C11H12F3NO.ClH/c1-6-10(15)9-4-8(11(12,13)14)3-2-7(9)5-16-6;/h2-4,6,10H,5,15H2,1H3;1H/t6-,10-;/m1./s1. The third kappa shape index (κ3) is 2.73. The molecule has 0 spiro atoms. The van der Waals surface area contributed by atoms with Gasteiger partial charge in [0.1, 0.15) is 0 Å². The average molecular weight is 268 g/mol. The lowest BCUT2D eigenvalue weighted by Crippen LogP contribution is -2.31. The van der Waals surface area contributed by atoms with E-state index in [1.165, 1.54) is 6.07 Å². The zero-order valence-corrected chi connectivity index (χ0v) is 9.94. The van der Waals surface area contributed by atoms with Gasteiger partial charge >= 0.3 is 6.18 Å². The average Bonchev–Trinajstić information content (AvgIpc) is 2.22. The van der Waals surface area contributed by atoms with E-state index in [1.807, 2.05) is 0 Å². The second kappa shape index (κ2) is 4.84. The van der Waals surface area contributed by atoms with Crippen molar-refractivity contribution in [3.05, 3.63) is 34.9 Å². The van der Waals surface area contributed by atoms with Crippen molar-refractivity contribution in [3.63, 3.8) is 0 Å². The van der Waals surface area contributed by atoms with Gasteiger partial charge < -0.3 is 10.5 Å². The van der Waals surface area contributed by atoms with E-state index >= 15 is 0 Å². The van der Waals surface area contributed by atoms with Crippen LogP contribution in [0.1, 0.15) is 29.7 Å². The van der Waals surface area contributed by atoms with E-state index in [-0.39, 0.29) is 18.5 Å². The van der Waals surface area contributed by atoms with Crippen LogP contribution in [-0.2, 0) is 17.5 Å². The van der Waals surface area contributed by atoms with E-state index in [0.717, 1.165) is 17.7 Å². The number of hydrogen-bond donors (Lipinski definition) is 1. The quantitative estimate of drug-likeness (QED) is 0.784. The summed E-state index contributed by atoms with van der Waals surface area (Å²) in [6.07, 6.45) is -4.58. The Balaban J connectivity index is 0.00000144. The highest BCUT2D eigenvalue weighted by atomic mass is 35.5. The van der Waals surface area contributed by atoms with E-state index in [4.69, 9.17) is 10.5 Å². The fourth-order valence-corrected chi connectivity index (χ4v) is 1.79. The maximum atomic E-state index is 12.5. The summed E-state index contributed by atoms with van der Waals surface area (Å²) in [4.78, 5) is 0. The van der Waals surface area contributed by atoms with Gasteiger partial charge in [-0.05, 0) is 30.2 Å². The highest BCUT2D eigenvalue weighted by molar-refractivity contribution is 5.85. The van der Waals surface area contributed by atoms with Gasteiger partial charge in [-0.2, -0.15) is 13.2 Å². The topological polar surface area (TPSA) is 35.2 Å². The van der Waals surface area contributed by atoms with Gasteiger partial charge in [-0.3, -0.25) is 0 Å². The molecule has 0 bridgehead atoms. The van der Waals surface area contributed by atoms with Crippen LogP contribution < -0.4 is 5.73 Å². The fraction of sp³-hybridized carbons (Fsp3) is 0.455. The van der Waals surface area contributed by atoms with Crippen molar-refractivity contribution >= 4 is 12.4 Å². The van der Waals surface area contributed by atoms with Crippen LogP contribution in [0.5, 0.6) is 0 Å². The Labute approximate surface area is 103 Å². The molecule has 0 unspecified atom stereocenters. The SMILES string of the molecule is C[C@H]1OCc2ccc(C(F)(F)F)cc2[C@@H]1N.Cl. The van der Waals surface area contributed by atoms with Crippen LogP contribution in [0.4, 0.5) is 13.2 Å². The molecule has 1 heterocycles. The molecule has 0 saturated heterocycles. The van der Waals surface area contributed by atoms with Crippen molar-refractivity contribution in [1.82, 2.24) is 0 Å². The first-order valence-corrected chi connectivity index (χ1v) is 4.97. The number of rotatable bonds is 0.